The van der Waals surface area contributed by atoms with E-state index in [2.05, 4.69) is 22.4 Å². The molecule has 25 heavy (non-hydrogen) atoms. The number of benzene rings is 1. The number of fused-ring (bicyclic) bond motifs is 1. The van der Waals surface area contributed by atoms with E-state index >= 15 is 0 Å². The SMILES string of the molecule is CCc1ccc(NC(=O)[C@H](C)Sc2nnc3c(Cl)cc(Cl)cn23)cc1. The molecule has 0 aliphatic carbocycles. The van der Waals surface area contributed by atoms with Crippen LogP contribution in [0.25, 0.3) is 5.65 Å². The number of anilines is 1. The molecule has 0 saturated heterocycles. The lowest BCUT2D eigenvalue weighted by Crippen LogP contribution is -2.22. The van der Waals surface area contributed by atoms with E-state index in [0.29, 0.717) is 20.8 Å². The molecule has 130 valence electrons. The summed E-state index contributed by atoms with van der Waals surface area (Å²) in [5.74, 6) is -0.112. The van der Waals surface area contributed by atoms with Gasteiger partial charge < -0.3 is 5.32 Å². The number of carbonyl (C=O) groups excluding carboxylic acids is 1. The molecule has 0 spiro atoms. The molecular formula is C17H16Cl2N4OS. The van der Waals surface area contributed by atoms with Crippen molar-refractivity contribution in [3.63, 3.8) is 0 Å². The normalized spacial score (nSPS) is 12.3. The minimum atomic E-state index is -0.365. The number of carbonyl (C=O) groups is 1. The molecule has 1 atom stereocenters. The molecule has 1 N–H and O–H groups in total. The van der Waals surface area contributed by atoms with Gasteiger partial charge >= 0.3 is 0 Å². The molecular weight excluding hydrogens is 379 g/mol. The predicted octanol–water partition coefficient (Wildman–Crippen LogP) is 4.72. The van der Waals surface area contributed by atoms with E-state index in [1.54, 1.807) is 16.7 Å². The highest BCUT2D eigenvalue weighted by molar-refractivity contribution is 8.00. The molecule has 0 bridgehead atoms. The number of aryl methyl sites for hydroxylation is 1. The molecule has 0 fully saturated rings. The van der Waals surface area contributed by atoms with Gasteiger partial charge in [0.1, 0.15) is 0 Å². The van der Waals surface area contributed by atoms with E-state index in [4.69, 9.17) is 23.2 Å². The first kappa shape index (κ1) is 18.0. The Bertz CT molecular complexity index is 911. The molecule has 5 nitrogen and oxygen atoms in total. The molecule has 3 rings (SSSR count). The Balaban J connectivity index is 1.73. The molecule has 0 radical (unpaired) electrons. The highest BCUT2D eigenvalue weighted by Gasteiger charge is 2.19. The van der Waals surface area contributed by atoms with Crippen LogP contribution in [0.3, 0.4) is 0 Å². The number of rotatable bonds is 5. The predicted molar refractivity (Wildman–Crippen MR) is 103 cm³/mol. The summed E-state index contributed by atoms with van der Waals surface area (Å²) in [6, 6.07) is 9.42. The van der Waals surface area contributed by atoms with Gasteiger partial charge in [0.25, 0.3) is 0 Å². The maximum absolute atomic E-state index is 12.4. The van der Waals surface area contributed by atoms with Gasteiger partial charge in [0.2, 0.25) is 5.91 Å². The van der Waals surface area contributed by atoms with Gasteiger partial charge in [0.05, 0.1) is 15.3 Å². The van der Waals surface area contributed by atoms with E-state index in [1.165, 1.54) is 17.3 Å². The molecule has 2 aromatic heterocycles. The van der Waals surface area contributed by atoms with E-state index in [-0.39, 0.29) is 11.2 Å². The van der Waals surface area contributed by atoms with Crippen LogP contribution in [0, 0.1) is 0 Å². The van der Waals surface area contributed by atoms with E-state index in [1.807, 2.05) is 31.2 Å². The zero-order valence-corrected chi connectivity index (χ0v) is 16.0. The highest BCUT2D eigenvalue weighted by Crippen LogP contribution is 2.28. The molecule has 2 heterocycles. The lowest BCUT2D eigenvalue weighted by molar-refractivity contribution is -0.115. The van der Waals surface area contributed by atoms with Gasteiger partial charge in [-0.2, -0.15) is 0 Å². The van der Waals surface area contributed by atoms with Gasteiger partial charge in [-0.25, -0.2) is 0 Å². The van der Waals surface area contributed by atoms with Gasteiger partial charge in [0, 0.05) is 11.9 Å². The molecule has 8 heteroatoms. The van der Waals surface area contributed by atoms with Crippen molar-refractivity contribution in [2.24, 2.45) is 0 Å². The van der Waals surface area contributed by atoms with E-state index < -0.39 is 0 Å². The fourth-order valence-corrected chi connectivity index (χ4v) is 3.59. The van der Waals surface area contributed by atoms with Gasteiger partial charge in [-0.15, -0.1) is 10.2 Å². The third-order valence-corrected chi connectivity index (χ3v) is 5.22. The first-order valence-corrected chi connectivity index (χ1v) is 9.37. The Morgan fingerprint density at radius 1 is 1.28 bits per heavy atom. The number of nitrogens with one attached hydrogen (secondary N) is 1. The summed E-state index contributed by atoms with van der Waals surface area (Å²) in [6.07, 6.45) is 2.64. The summed E-state index contributed by atoms with van der Waals surface area (Å²) < 4.78 is 1.69. The number of aromatic nitrogens is 3. The van der Waals surface area contributed by atoms with Gasteiger partial charge in [-0.3, -0.25) is 9.20 Å². The minimum Gasteiger partial charge on any atom is -0.325 e. The van der Waals surface area contributed by atoms with Crippen molar-refractivity contribution in [2.75, 3.05) is 5.32 Å². The minimum absolute atomic E-state index is 0.112. The van der Waals surface area contributed by atoms with Crippen LogP contribution in [0.2, 0.25) is 10.0 Å². The van der Waals surface area contributed by atoms with E-state index in [9.17, 15) is 4.79 Å². The molecule has 0 unspecified atom stereocenters. The second kappa shape index (κ2) is 7.64. The summed E-state index contributed by atoms with van der Waals surface area (Å²) in [6.45, 7) is 3.90. The van der Waals surface area contributed by atoms with Gasteiger partial charge in [-0.05, 0) is 37.1 Å². The monoisotopic (exact) mass is 394 g/mol. The Morgan fingerprint density at radius 2 is 2.00 bits per heavy atom. The Kier molecular flexibility index (Phi) is 5.51. The quantitative estimate of drug-likeness (QED) is 0.636. The van der Waals surface area contributed by atoms with Crippen LogP contribution in [-0.2, 0) is 11.2 Å². The second-order valence-electron chi connectivity index (χ2n) is 5.48. The topological polar surface area (TPSA) is 59.3 Å². The third-order valence-electron chi connectivity index (χ3n) is 3.68. The Morgan fingerprint density at radius 3 is 2.68 bits per heavy atom. The zero-order chi connectivity index (χ0) is 18.0. The van der Waals surface area contributed by atoms with Crippen LogP contribution in [0.5, 0.6) is 0 Å². The summed E-state index contributed by atoms with van der Waals surface area (Å²) >= 11 is 13.4. The molecule has 0 aliphatic rings. The third kappa shape index (κ3) is 4.08. The number of hydrogen-bond acceptors (Lipinski definition) is 4. The fourth-order valence-electron chi connectivity index (χ4n) is 2.26. The van der Waals surface area contributed by atoms with Crippen molar-refractivity contribution in [3.05, 3.63) is 52.1 Å². The molecule has 0 saturated carbocycles. The second-order valence-corrected chi connectivity index (χ2v) is 7.63. The number of pyridine rings is 1. The van der Waals surface area contributed by atoms with Crippen molar-refractivity contribution in [1.82, 2.24) is 14.6 Å². The van der Waals surface area contributed by atoms with Gasteiger partial charge in [-0.1, -0.05) is 54.0 Å². The number of halogens is 2. The fraction of sp³-hybridized carbons (Fsp3) is 0.235. The summed E-state index contributed by atoms with van der Waals surface area (Å²) in [5.41, 5.74) is 2.51. The lowest BCUT2D eigenvalue weighted by Gasteiger charge is -2.11. The molecule has 1 aromatic carbocycles. The summed E-state index contributed by atoms with van der Waals surface area (Å²) in [7, 11) is 0. The van der Waals surface area contributed by atoms with Crippen LogP contribution in [0.1, 0.15) is 19.4 Å². The van der Waals surface area contributed by atoms with E-state index in [0.717, 1.165) is 12.1 Å². The molecule has 1 amide bonds. The number of thioether (sulfide) groups is 1. The van der Waals surface area contributed by atoms with Crippen LogP contribution in [0.4, 0.5) is 5.69 Å². The number of amides is 1. The van der Waals surface area contributed by atoms with Crippen molar-refractivity contribution >= 4 is 52.2 Å². The number of hydrogen-bond donors (Lipinski definition) is 1. The largest absolute Gasteiger partial charge is 0.325 e. The lowest BCUT2D eigenvalue weighted by atomic mass is 10.1. The summed E-state index contributed by atoms with van der Waals surface area (Å²) in [4.78, 5) is 12.4. The van der Waals surface area contributed by atoms with Crippen molar-refractivity contribution < 1.29 is 4.79 Å². The van der Waals surface area contributed by atoms with Crippen molar-refractivity contribution in [3.8, 4) is 0 Å². The average Bonchev–Trinajstić information content (AvgIpc) is 2.98. The average molecular weight is 395 g/mol. The smallest absolute Gasteiger partial charge is 0.237 e. The molecule has 0 aliphatic heterocycles. The first-order chi connectivity index (χ1) is 12.0. The first-order valence-electron chi connectivity index (χ1n) is 7.74. The van der Waals surface area contributed by atoms with Crippen LogP contribution in [0.15, 0.2) is 41.7 Å². The zero-order valence-electron chi connectivity index (χ0n) is 13.7. The molecule has 3 aromatic rings. The number of nitrogens with zero attached hydrogens (tertiary/aromatic N) is 3. The Hall–Kier alpha value is -1.76. The standard InChI is InChI=1S/C17H16Cl2N4OS/c1-3-11-4-6-13(7-5-11)20-16(24)10(2)25-17-22-21-15-14(19)8-12(18)9-23(15)17/h4-10H,3H2,1-2H3,(H,20,24)/t10-/m0/s1. The van der Waals surface area contributed by atoms with Gasteiger partial charge in [0.15, 0.2) is 10.8 Å². The maximum atomic E-state index is 12.4. The van der Waals surface area contributed by atoms with Crippen LogP contribution >= 0.6 is 35.0 Å². The van der Waals surface area contributed by atoms with Crippen molar-refractivity contribution in [2.45, 2.75) is 30.7 Å². The summed E-state index contributed by atoms with van der Waals surface area (Å²) in [5, 5.41) is 12.1. The van der Waals surface area contributed by atoms with Crippen molar-refractivity contribution in [1.29, 1.82) is 0 Å². The maximum Gasteiger partial charge on any atom is 0.237 e. The highest BCUT2D eigenvalue weighted by atomic mass is 35.5. The van der Waals surface area contributed by atoms with Crippen LogP contribution in [-0.4, -0.2) is 25.8 Å². The Labute approximate surface area is 159 Å². The van der Waals surface area contributed by atoms with Crippen LogP contribution < -0.4 is 5.32 Å².